The first kappa shape index (κ1) is 30.8. The molecule has 2 heterocycles. The summed E-state index contributed by atoms with van der Waals surface area (Å²) in [5, 5.41) is 25.9. The van der Waals surface area contributed by atoms with Gasteiger partial charge in [0.05, 0.1) is 34.0 Å². The number of aliphatic carboxylic acids is 1. The number of aromatic nitrogens is 2. The van der Waals surface area contributed by atoms with Gasteiger partial charge in [-0.2, -0.15) is 21.9 Å². The third-order valence-corrected chi connectivity index (χ3v) is 7.93. The van der Waals surface area contributed by atoms with E-state index in [2.05, 4.69) is 10.2 Å². The van der Waals surface area contributed by atoms with Crippen molar-refractivity contribution in [3.8, 4) is 0 Å². The molecule has 0 spiro atoms. The molecule has 0 fully saturated rings. The summed E-state index contributed by atoms with van der Waals surface area (Å²) >= 11 is 0. The van der Waals surface area contributed by atoms with Crippen molar-refractivity contribution >= 4 is 49.9 Å². The average Bonchev–Trinajstić information content (AvgIpc) is 3.40. The molecule has 1 aliphatic heterocycles. The molecular weight excluding hydrogens is 612 g/mol. The van der Waals surface area contributed by atoms with Crippen LogP contribution < -0.4 is 5.56 Å². The van der Waals surface area contributed by atoms with Crippen molar-refractivity contribution in [3.05, 3.63) is 99.0 Å². The number of aromatic amines is 1. The molecule has 5 N–H and O–H groups in total. The number of H-pyrrole nitrogens is 1. The van der Waals surface area contributed by atoms with Gasteiger partial charge in [-0.1, -0.05) is 42.5 Å². The molecule has 18 heteroatoms. The van der Waals surface area contributed by atoms with Gasteiger partial charge in [-0.15, -0.1) is 0 Å². The molecule has 0 saturated heterocycles. The van der Waals surface area contributed by atoms with Gasteiger partial charge in [-0.3, -0.25) is 23.8 Å². The molecule has 0 bridgehead atoms. The molecule has 3 aromatic rings. The second kappa shape index (κ2) is 11.6. The lowest BCUT2D eigenvalue weighted by atomic mass is 10.1. The first-order chi connectivity index (χ1) is 20.1. The standard InChI is InChI=1S/C25H20N4O12S2/c30-22-16(20(24(32)33)26-28(22)12-14-6-1-3-10-18(14)42(36,37)38)8-5-9-17-21(25(34)35)27-29(23(17)31)13-15-7-2-4-11-19(15)43(39,40)41/h1-11,26H,12-13H2,(H,32,33)(H,34,35)(H,36,37,38)(H,39,40,41)/b8-5+,17-9-. The van der Waals surface area contributed by atoms with Crippen LogP contribution in [0.25, 0.3) is 6.08 Å². The molecule has 0 atom stereocenters. The number of carbonyl (C=O) groups excluding carboxylic acids is 1. The van der Waals surface area contributed by atoms with Gasteiger partial charge in [0.15, 0.2) is 11.4 Å². The molecule has 2 aromatic carbocycles. The van der Waals surface area contributed by atoms with Crippen molar-refractivity contribution in [1.82, 2.24) is 14.8 Å². The molecule has 1 aliphatic rings. The Hall–Kier alpha value is -5.17. The fraction of sp³-hybridized carbons (Fsp3) is 0.0800. The van der Waals surface area contributed by atoms with Crippen LogP contribution in [0, 0.1) is 0 Å². The summed E-state index contributed by atoms with van der Waals surface area (Å²) in [7, 11) is -9.34. The number of rotatable bonds is 10. The van der Waals surface area contributed by atoms with Crippen molar-refractivity contribution in [1.29, 1.82) is 0 Å². The topological polar surface area (TPSA) is 254 Å². The smallest absolute Gasteiger partial charge is 0.357 e. The van der Waals surface area contributed by atoms with Crippen LogP contribution in [0.4, 0.5) is 0 Å². The highest BCUT2D eigenvalue weighted by atomic mass is 32.2. The fourth-order valence-electron chi connectivity index (χ4n) is 4.15. The van der Waals surface area contributed by atoms with Gasteiger partial charge in [0.1, 0.15) is 0 Å². The summed E-state index contributed by atoms with van der Waals surface area (Å²) in [4.78, 5) is 48.6. The summed E-state index contributed by atoms with van der Waals surface area (Å²) in [6.45, 7) is -0.998. The van der Waals surface area contributed by atoms with Crippen molar-refractivity contribution < 1.29 is 50.5 Å². The molecule has 43 heavy (non-hydrogen) atoms. The highest BCUT2D eigenvalue weighted by Gasteiger charge is 2.34. The van der Waals surface area contributed by atoms with E-state index in [0.717, 1.165) is 35.0 Å². The third kappa shape index (κ3) is 6.51. The monoisotopic (exact) mass is 632 g/mol. The SMILES string of the molecule is O=C(O)C1=NN(Cc2ccccc2S(=O)(=O)O)C(=O)/C1=C\C=C\c1c(C(=O)O)[nH]n(Cc2ccccc2S(=O)(=O)O)c1=O. The molecule has 1 amide bonds. The predicted octanol–water partition coefficient (Wildman–Crippen LogP) is 0.839. The van der Waals surface area contributed by atoms with Gasteiger partial charge in [0.2, 0.25) is 0 Å². The van der Waals surface area contributed by atoms with E-state index >= 15 is 0 Å². The number of nitrogens with one attached hydrogen (secondary N) is 1. The van der Waals surface area contributed by atoms with E-state index in [1.54, 1.807) is 0 Å². The Morgan fingerprint density at radius 2 is 1.37 bits per heavy atom. The Kier molecular flexibility index (Phi) is 8.31. The van der Waals surface area contributed by atoms with E-state index in [4.69, 9.17) is 0 Å². The number of carboxylic acids is 2. The lowest BCUT2D eigenvalue weighted by molar-refractivity contribution is -0.129. The summed E-state index contributed by atoms with van der Waals surface area (Å²) < 4.78 is 66.4. The Balaban J connectivity index is 1.67. The maximum absolute atomic E-state index is 13.0. The van der Waals surface area contributed by atoms with Crippen LogP contribution >= 0.6 is 0 Å². The molecule has 1 aromatic heterocycles. The molecule has 0 radical (unpaired) electrons. The summed E-state index contributed by atoms with van der Waals surface area (Å²) in [6.07, 6.45) is 2.96. The largest absolute Gasteiger partial charge is 0.477 e. The second-order valence-corrected chi connectivity index (χ2v) is 11.6. The van der Waals surface area contributed by atoms with Crippen LogP contribution in [0.3, 0.4) is 0 Å². The molecule has 0 aliphatic carbocycles. The lowest BCUT2D eigenvalue weighted by Gasteiger charge is -2.13. The van der Waals surface area contributed by atoms with E-state index in [9.17, 15) is 55.3 Å². The van der Waals surface area contributed by atoms with Gasteiger partial charge in [-0.25, -0.2) is 19.3 Å². The highest BCUT2D eigenvalue weighted by Crippen LogP contribution is 2.23. The molecule has 16 nitrogen and oxygen atoms in total. The quantitative estimate of drug-likeness (QED) is 0.154. The molecule has 224 valence electrons. The van der Waals surface area contributed by atoms with Gasteiger partial charge in [0.25, 0.3) is 31.7 Å². The zero-order valence-corrected chi connectivity index (χ0v) is 23.1. The minimum atomic E-state index is -4.68. The molecule has 4 rings (SSSR count). The first-order valence-corrected chi connectivity index (χ1v) is 14.7. The number of hydrogen-bond acceptors (Lipinski definition) is 9. The van der Waals surface area contributed by atoms with Crippen molar-refractivity contribution in [2.45, 2.75) is 22.9 Å². The lowest BCUT2D eigenvalue weighted by Crippen LogP contribution is -2.23. The summed E-state index contributed by atoms with van der Waals surface area (Å²) in [5.74, 6) is -4.16. The Morgan fingerprint density at radius 1 is 0.837 bits per heavy atom. The minimum absolute atomic E-state index is 0.0301. The van der Waals surface area contributed by atoms with E-state index in [-0.39, 0.29) is 11.1 Å². The van der Waals surface area contributed by atoms with E-state index < -0.39 is 89.1 Å². The van der Waals surface area contributed by atoms with Gasteiger partial charge in [0, 0.05) is 0 Å². The Morgan fingerprint density at radius 3 is 1.88 bits per heavy atom. The van der Waals surface area contributed by atoms with Gasteiger partial charge >= 0.3 is 11.9 Å². The van der Waals surface area contributed by atoms with Gasteiger partial charge in [-0.05, 0) is 35.4 Å². The minimum Gasteiger partial charge on any atom is -0.477 e. The number of allylic oxidation sites excluding steroid dienone is 2. The number of hydrazone groups is 1. The normalized spacial score (nSPS) is 14.9. The maximum Gasteiger partial charge on any atom is 0.357 e. The zero-order valence-electron chi connectivity index (χ0n) is 21.5. The highest BCUT2D eigenvalue weighted by molar-refractivity contribution is 7.86. The average molecular weight is 633 g/mol. The van der Waals surface area contributed by atoms with Crippen LogP contribution in [-0.2, 0) is 42.9 Å². The Bertz CT molecular complexity index is 2040. The number of carbonyl (C=O) groups is 3. The summed E-state index contributed by atoms with van der Waals surface area (Å²) in [5.41, 5.74) is -3.28. The van der Waals surface area contributed by atoms with Crippen LogP contribution in [0.1, 0.15) is 27.2 Å². The van der Waals surface area contributed by atoms with E-state index in [1.807, 2.05) is 0 Å². The van der Waals surface area contributed by atoms with Crippen molar-refractivity contribution in [2.75, 3.05) is 0 Å². The number of carboxylic acid groups (broad SMARTS) is 2. The first-order valence-electron chi connectivity index (χ1n) is 11.8. The van der Waals surface area contributed by atoms with Crippen molar-refractivity contribution in [2.24, 2.45) is 5.10 Å². The maximum atomic E-state index is 13.0. The number of aromatic carboxylic acids is 1. The third-order valence-electron chi connectivity index (χ3n) is 6.02. The second-order valence-electron chi connectivity index (χ2n) is 8.82. The molecular formula is C25H20N4O12S2. The zero-order chi connectivity index (χ0) is 31.7. The van der Waals surface area contributed by atoms with Crippen LogP contribution in [0.5, 0.6) is 0 Å². The van der Waals surface area contributed by atoms with E-state index in [0.29, 0.717) is 5.01 Å². The van der Waals surface area contributed by atoms with Gasteiger partial charge < -0.3 is 10.2 Å². The number of nitrogens with zero attached hydrogens (tertiary/aromatic N) is 3. The number of hydrogen-bond donors (Lipinski definition) is 5. The van der Waals surface area contributed by atoms with Crippen LogP contribution in [-0.4, -0.2) is 74.5 Å². The van der Waals surface area contributed by atoms with E-state index in [1.165, 1.54) is 36.4 Å². The Labute approximate surface area is 242 Å². The fourth-order valence-corrected chi connectivity index (χ4v) is 5.58. The van der Waals surface area contributed by atoms with Crippen molar-refractivity contribution in [3.63, 3.8) is 0 Å². The summed E-state index contributed by atoms with van der Waals surface area (Å²) in [6, 6.07) is 10.3. The number of amides is 1. The van der Waals surface area contributed by atoms with Crippen LogP contribution in [0.15, 0.2) is 85.9 Å². The molecule has 0 unspecified atom stereocenters. The molecule has 0 saturated carbocycles. The number of benzene rings is 2. The van der Waals surface area contributed by atoms with Crippen LogP contribution in [0.2, 0.25) is 0 Å². The predicted molar refractivity (Wildman–Crippen MR) is 146 cm³/mol.